The second-order valence-corrected chi connectivity index (χ2v) is 11.1. The summed E-state index contributed by atoms with van der Waals surface area (Å²) in [4.78, 5) is 20.3. The summed E-state index contributed by atoms with van der Waals surface area (Å²) in [5.74, 6) is 1.28. The summed E-state index contributed by atoms with van der Waals surface area (Å²) in [5, 5.41) is 0.680. The van der Waals surface area contributed by atoms with Crippen molar-refractivity contribution in [2.45, 2.75) is 37.6 Å². The van der Waals surface area contributed by atoms with Gasteiger partial charge in [-0.1, -0.05) is 42.1 Å². The van der Waals surface area contributed by atoms with Gasteiger partial charge in [0.2, 0.25) is 15.9 Å². The van der Waals surface area contributed by atoms with Crippen molar-refractivity contribution in [2.75, 3.05) is 25.4 Å². The molecule has 9 heteroatoms. The topological polar surface area (TPSA) is 79.3 Å². The molecule has 2 aliphatic rings. The zero-order valence-corrected chi connectivity index (χ0v) is 20.5. The molecule has 2 aliphatic heterocycles. The van der Waals surface area contributed by atoms with Gasteiger partial charge < -0.3 is 4.74 Å². The van der Waals surface area contributed by atoms with Crippen LogP contribution in [0.3, 0.4) is 0 Å². The van der Waals surface area contributed by atoms with Gasteiger partial charge in [-0.2, -0.15) is 4.31 Å². The molecular formula is C24H29N3O4S2. The predicted molar refractivity (Wildman–Crippen MR) is 131 cm³/mol. The maximum atomic E-state index is 13.5. The van der Waals surface area contributed by atoms with Crippen LogP contribution >= 0.6 is 11.8 Å². The van der Waals surface area contributed by atoms with Crippen LogP contribution in [0.25, 0.3) is 0 Å². The molecule has 0 spiro atoms. The van der Waals surface area contributed by atoms with Crippen molar-refractivity contribution >= 4 is 38.5 Å². The Morgan fingerprint density at radius 1 is 1.09 bits per heavy atom. The first-order valence-electron chi connectivity index (χ1n) is 11.2. The van der Waals surface area contributed by atoms with Crippen molar-refractivity contribution in [3.05, 3.63) is 54.6 Å². The lowest BCUT2D eigenvalue weighted by Crippen LogP contribution is -2.46. The summed E-state index contributed by atoms with van der Waals surface area (Å²) in [6, 6.07) is 16.1. The summed E-state index contributed by atoms with van der Waals surface area (Å²) in [6.45, 7) is 5.16. The molecule has 1 atom stereocenters. The number of carbonyl (C=O) groups is 1. The molecule has 176 valence electrons. The van der Waals surface area contributed by atoms with Crippen molar-refractivity contribution in [3.8, 4) is 5.75 Å². The highest BCUT2D eigenvalue weighted by molar-refractivity contribution is 8.14. The molecule has 0 N–H and O–H groups in total. The number of hydrogen-bond acceptors (Lipinski definition) is 6. The Hall–Kier alpha value is -2.36. The number of amides is 1. The summed E-state index contributed by atoms with van der Waals surface area (Å²) in [5.41, 5.74) is 0.706. The third-order valence-electron chi connectivity index (χ3n) is 5.90. The van der Waals surface area contributed by atoms with Gasteiger partial charge in [0.1, 0.15) is 11.4 Å². The molecule has 2 saturated heterocycles. The van der Waals surface area contributed by atoms with Crippen LogP contribution < -0.4 is 4.74 Å². The molecular weight excluding hydrogens is 458 g/mol. The Bertz CT molecular complexity index is 1110. The highest BCUT2D eigenvalue weighted by Crippen LogP contribution is 2.34. The fourth-order valence-electron chi connectivity index (χ4n) is 4.14. The number of para-hydroxylation sites is 2. The Labute approximate surface area is 199 Å². The third kappa shape index (κ3) is 5.10. The molecule has 0 bridgehead atoms. The molecule has 2 aromatic rings. The zero-order chi connectivity index (χ0) is 23.4. The number of ether oxygens (including phenoxy) is 1. The normalized spacial score (nSPS) is 21.5. The third-order valence-corrected chi connectivity index (χ3v) is 9.01. The lowest BCUT2D eigenvalue weighted by Gasteiger charge is -2.33. The predicted octanol–water partition coefficient (Wildman–Crippen LogP) is 4.14. The van der Waals surface area contributed by atoms with Gasteiger partial charge in [0.05, 0.1) is 11.5 Å². The van der Waals surface area contributed by atoms with E-state index in [0.29, 0.717) is 54.0 Å². The molecule has 1 amide bonds. The molecule has 0 aliphatic carbocycles. The van der Waals surface area contributed by atoms with Crippen LogP contribution in [0.2, 0.25) is 0 Å². The van der Waals surface area contributed by atoms with Gasteiger partial charge in [-0.25, -0.2) is 13.4 Å². The zero-order valence-electron chi connectivity index (χ0n) is 18.9. The molecule has 33 heavy (non-hydrogen) atoms. The van der Waals surface area contributed by atoms with E-state index in [1.54, 1.807) is 47.0 Å². The lowest BCUT2D eigenvalue weighted by molar-refractivity contribution is -0.133. The van der Waals surface area contributed by atoms with Crippen molar-refractivity contribution in [1.29, 1.82) is 0 Å². The minimum atomic E-state index is -3.54. The number of carbonyl (C=O) groups excluding carboxylic acids is 1. The number of aliphatic imine (C=N–C) groups is 1. The Morgan fingerprint density at radius 2 is 1.76 bits per heavy atom. The SMILES string of the molecule is CCOc1ccccc1N=C1SCC(C)N1C(=O)C1CCN(S(=O)(=O)c2ccccc2)CC1. The highest BCUT2D eigenvalue weighted by atomic mass is 32.2. The van der Waals surface area contributed by atoms with Crippen LogP contribution in [0.15, 0.2) is 64.5 Å². The molecule has 0 aromatic heterocycles. The fraction of sp³-hybridized carbons (Fsp3) is 0.417. The van der Waals surface area contributed by atoms with E-state index in [-0.39, 0.29) is 17.9 Å². The number of hydrogen-bond donors (Lipinski definition) is 0. The number of sulfonamides is 1. The van der Waals surface area contributed by atoms with Crippen molar-refractivity contribution in [2.24, 2.45) is 10.9 Å². The Kier molecular flexibility index (Phi) is 7.41. The highest BCUT2D eigenvalue weighted by Gasteiger charge is 2.39. The van der Waals surface area contributed by atoms with E-state index >= 15 is 0 Å². The second-order valence-electron chi connectivity index (χ2n) is 8.15. The molecule has 2 heterocycles. The van der Waals surface area contributed by atoms with Crippen LogP contribution in [0, 0.1) is 5.92 Å². The van der Waals surface area contributed by atoms with Crippen LogP contribution in [0.4, 0.5) is 5.69 Å². The summed E-state index contributed by atoms with van der Waals surface area (Å²) >= 11 is 1.57. The van der Waals surface area contributed by atoms with E-state index in [4.69, 9.17) is 9.73 Å². The van der Waals surface area contributed by atoms with E-state index in [2.05, 4.69) is 0 Å². The monoisotopic (exact) mass is 487 g/mol. The number of nitrogens with zero attached hydrogens (tertiary/aromatic N) is 3. The van der Waals surface area contributed by atoms with Gasteiger partial charge in [-0.15, -0.1) is 0 Å². The lowest BCUT2D eigenvalue weighted by atomic mass is 9.96. The maximum Gasteiger partial charge on any atom is 0.243 e. The Balaban J connectivity index is 1.48. The number of thioether (sulfide) groups is 1. The molecule has 1 unspecified atom stereocenters. The summed E-state index contributed by atoms with van der Waals surface area (Å²) < 4.78 is 33.0. The molecule has 0 radical (unpaired) electrons. The van der Waals surface area contributed by atoms with Crippen LogP contribution in [-0.4, -0.2) is 60.2 Å². The van der Waals surface area contributed by atoms with Gasteiger partial charge in [-0.3, -0.25) is 9.69 Å². The van der Waals surface area contributed by atoms with Crippen LogP contribution in [-0.2, 0) is 14.8 Å². The van der Waals surface area contributed by atoms with Gasteiger partial charge in [0.25, 0.3) is 0 Å². The van der Waals surface area contributed by atoms with Crippen LogP contribution in [0.5, 0.6) is 5.75 Å². The standard InChI is InChI=1S/C24H29N3O4S2/c1-3-31-22-12-8-7-11-21(22)25-24-27(18(2)17-32-24)23(28)19-13-15-26(16-14-19)33(29,30)20-9-5-4-6-10-20/h4-12,18-19H,3,13-17H2,1-2H3. The molecule has 0 saturated carbocycles. The van der Waals surface area contributed by atoms with E-state index in [9.17, 15) is 13.2 Å². The fourth-order valence-corrected chi connectivity index (χ4v) is 6.74. The maximum absolute atomic E-state index is 13.5. The number of piperidine rings is 1. The quantitative estimate of drug-likeness (QED) is 0.612. The average molecular weight is 488 g/mol. The van der Waals surface area contributed by atoms with Gasteiger partial charge in [0.15, 0.2) is 5.17 Å². The van der Waals surface area contributed by atoms with E-state index < -0.39 is 10.0 Å². The smallest absolute Gasteiger partial charge is 0.243 e. The first kappa shape index (κ1) is 23.8. The second kappa shape index (κ2) is 10.3. The molecule has 7 nitrogen and oxygen atoms in total. The van der Waals surface area contributed by atoms with Crippen molar-refractivity contribution in [3.63, 3.8) is 0 Å². The van der Waals surface area contributed by atoms with E-state index in [1.807, 2.05) is 38.1 Å². The Morgan fingerprint density at radius 3 is 2.45 bits per heavy atom. The molecule has 2 aromatic carbocycles. The molecule has 2 fully saturated rings. The van der Waals surface area contributed by atoms with Gasteiger partial charge in [-0.05, 0) is 51.0 Å². The first-order chi connectivity index (χ1) is 15.9. The molecule has 4 rings (SSSR count). The van der Waals surface area contributed by atoms with Gasteiger partial charge in [0, 0.05) is 30.8 Å². The minimum absolute atomic E-state index is 0.0249. The number of rotatable bonds is 6. The summed E-state index contributed by atoms with van der Waals surface area (Å²) in [6.07, 6.45) is 1.00. The van der Waals surface area contributed by atoms with E-state index in [1.165, 1.54) is 4.31 Å². The summed E-state index contributed by atoms with van der Waals surface area (Å²) in [7, 11) is -3.54. The largest absolute Gasteiger partial charge is 0.492 e. The number of benzene rings is 2. The minimum Gasteiger partial charge on any atom is -0.492 e. The average Bonchev–Trinajstić information content (AvgIpc) is 3.20. The van der Waals surface area contributed by atoms with Crippen molar-refractivity contribution < 1.29 is 17.9 Å². The first-order valence-corrected chi connectivity index (χ1v) is 13.7. The van der Waals surface area contributed by atoms with E-state index in [0.717, 1.165) is 5.75 Å². The number of amidine groups is 1. The van der Waals surface area contributed by atoms with Gasteiger partial charge >= 0.3 is 0 Å². The van der Waals surface area contributed by atoms with Crippen LogP contribution in [0.1, 0.15) is 26.7 Å². The van der Waals surface area contributed by atoms with Crippen molar-refractivity contribution in [1.82, 2.24) is 9.21 Å².